The fourth-order valence-corrected chi connectivity index (χ4v) is 4.61. The fraction of sp³-hybridized carbons (Fsp3) is 0.364. The molecule has 0 bridgehead atoms. The van der Waals surface area contributed by atoms with Crippen molar-refractivity contribution >= 4 is 11.8 Å². The normalized spacial score (nSPS) is 23.2. The number of likely N-dealkylation sites (tertiary alicyclic amines) is 2. The second-order valence-corrected chi connectivity index (χ2v) is 7.69. The zero-order valence-electron chi connectivity index (χ0n) is 16.3. The zero-order chi connectivity index (χ0) is 20.7. The first-order valence-corrected chi connectivity index (χ1v) is 9.58. The van der Waals surface area contributed by atoms with Crippen molar-refractivity contribution in [3.63, 3.8) is 0 Å². The molecule has 7 heteroatoms. The molecule has 2 aliphatic rings. The zero-order valence-corrected chi connectivity index (χ0v) is 16.3. The van der Waals surface area contributed by atoms with Gasteiger partial charge in [0.15, 0.2) is 0 Å². The Morgan fingerprint density at radius 2 is 1.83 bits per heavy atom. The first kappa shape index (κ1) is 19.2. The molecule has 2 aromatic carbocycles. The number of carbonyl (C=O) groups is 2. The van der Waals surface area contributed by atoms with E-state index in [2.05, 4.69) is 0 Å². The molecule has 0 aliphatic carbocycles. The number of aromatic hydroxyl groups is 1. The molecule has 2 saturated heterocycles. The number of rotatable bonds is 3. The van der Waals surface area contributed by atoms with Gasteiger partial charge < -0.3 is 19.6 Å². The molecular formula is C22H23FN2O4. The fourth-order valence-electron chi connectivity index (χ4n) is 4.61. The van der Waals surface area contributed by atoms with Crippen LogP contribution in [0.25, 0.3) is 0 Å². The van der Waals surface area contributed by atoms with E-state index in [1.165, 1.54) is 6.07 Å². The summed E-state index contributed by atoms with van der Waals surface area (Å²) < 4.78 is 19.3. The molecular weight excluding hydrogens is 375 g/mol. The first-order chi connectivity index (χ1) is 13.9. The molecule has 29 heavy (non-hydrogen) atoms. The molecule has 152 valence electrons. The highest BCUT2D eigenvalue weighted by Crippen LogP contribution is 2.45. The number of phenolic OH excluding ortho intramolecular Hbond substituents is 1. The van der Waals surface area contributed by atoms with E-state index in [1.807, 2.05) is 29.2 Å². The number of carbonyl (C=O) groups excluding carboxylic acids is 2. The van der Waals surface area contributed by atoms with E-state index in [9.17, 15) is 19.1 Å². The number of amides is 2. The second kappa shape index (κ2) is 7.39. The highest BCUT2D eigenvalue weighted by Gasteiger charge is 2.49. The predicted octanol–water partition coefficient (Wildman–Crippen LogP) is 2.83. The maximum atomic E-state index is 14.1. The van der Waals surface area contributed by atoms with Gasteiger partial charge in [-0.05, 0) is 35.9 Å². The van der Waals surface area contributed by atoms with Gasteiger partial charge in [0.1, 0.15) is 17.3 Å². The van der Waals surface area contributed by atoms with Crippen molar-refractivity contribution in [3.05, 3.63) is 59.4 Å². The van der Waals surface area contributed by atoms with Gasteiger partial charge in [-0.3, -0.25) is 9.59 Å². The van der Waals surface area contributed by atoms with Gasteiger partial charge in [-0.25, -0.2) is 4.39 Å². The minimum absolute atomic E-state index is 0.00267. The van der Waals surface area contributed by atoms with Crippen LogP contribution in [0.2, 0.25) is 0 Å². The van der Waals surface area contributed by atoms with Crippen LogP contribution in [0.1, 0.15) is 28.9 Å². The van der Waals surface area contributed by atoms with Gasteiger partial charge in [0, 0.05) is 38.4 Å². The summed E-state index contributed by atoms with van der Waals surface area (Å²) in [6.45, 7) is 3.00. The molecule has 1 N–H and O–H groups in total. The van der Waals surface area contributed by atoms with Crippen LogP contribution in [0.5, 0.6) is 11.5 Å². The molecule has 4 rings (SSSR count). The molecule has 2 heterocycles. The van der Waals surface area contributed by atoms with Crippen LogP contribution in [-0.4, -0.2) is 53.5 Å². The van der Waals surface area contributed by atoms with Crippen LogP contribution in [0.15, 0.2) is 42.5 Å². The quantitative estimate of drug-likeness (QED) is 0.863. The third-order valence-electron chi connectivity index (χ3n) is 5.99. The summed E-state index contributed by atoms with van der Waals surface area (Å²) in [6.07, 6.45) is 0. The lowest BCUT2D eigenvalue weighted by Crippen LogP contribution is -2.36. The van der Waals surface area contributed by atoms with Gasteiger partial charge in [-0.15, -0.1) is 0 Å². The topological polar surface area (TPSA) is 70.1 Å². The van der Waals surface area contributed by atoms with Crippen molar-refractivity contribution in [3.8, 4) is 11.5 Å². The number of nitrogens with zero attached hydrogens (tertiary/aromatic N) is 2. The summed E-state index contributed by atoms with van der Waals surface area (Å²) in [5.74, 6) is -0.310. The molecule has 0 aromatic heterocycles. The number of halogens is 1. The van der Waals surface area contributed by atoms with Crippen molar-refractivity contribution in [2.45, 2.75) is 13.0 Å². The monoisotopic (exact) mass is 398 g/mol. The van der Waals surface area contributed by atoms with E-state index in [-0.39, 0.29) is 35.1 Å². The van der Waals surface area contributed by atoms with E-state index >= 15 is 0 Å². The Kier molecular flexibility index (Phi) is 4.90. The summed E-state index contributed by atoms with van der Waals surface area (Å²) in [7, 11) is 1.60. The summed E-state index contributed by atoms with van der Waals surface area (Å²) in [5, 5.41) is 9.63. The van der Waals surface area contributed by atoms with Gasteiger partial charge in [-0.2, -0.15) is 0 Å². The lowest BCUT2D eigenvalue weighted by Gasteiger charge is -2.29. The number of hydrogen-bond acceptors (Lipinski definition) is 4. The smallest absolute Gasteiger partial charge is 0.256 e. The van der Waals surface area contributed by atoms with Crippen LogP contribution in [0, 0.1) is 17.7 Å². The molecule has 3 atom stereocenters. The van der Waals surface area contributed by atoms with Gasteiger partial charge in [0.25, 0.3) is 5.91 Å². The maximum absolute atomic E-state index is 14.1. The third kappa shape index (κ3) is 3.41. The predicted molar refractivity (Wildman–Crippen MR) is 104 cm³/mol. The molecule has 6 nitrogen and oxygen atoms in total. The molecule has 0 spiro atoms. The average molecular weight is 398 g/mol. The minimum atomic E-state index is -0.651. The van der Waals surface area contributed by atoms with Crippen molar-refractivity contribution in [2.75, 3.05) is 26.7 Å². The highest BCUT2D eigenvalue weighted by atomic mass is 19.1. The largest absolute Gasteiger partial charge is 0.508 e. The molecule has 2 amide bonds. The number of phenols is 1. The van der Waals surface area contributed by atoms with Crippen molar-refractivity contribution in [1.29, 1.82) is 0 Å². The van der Waals surface area contributed by atoms with Crippen molar-refractivity contribution in [2.24, 2.45) is 11.8 Å². The third-order valence-corrected chi connectivity index (χ3v) is 5.99. The van der Waals surface area contributed by atoms with Gasteiger partial charge in [0.2, 0.25) is 5.91 Å². The standard InChI is InChI=1S/C22H23FN2O4/c1-13(26)25-11-15-10-24(22(28)18-9-16(27)5-8-20(18)23)12-19(15)21(25)14-3-6-17(29-2)7-4-14/h3-9,15,19,21,27H,10-12H2,1-2H3/t15-,19-,21+/m1/s1. The maximum Gasteiger partial charge on any atom is 0.256 e. The minimum Gasteiger partial charge on any atom is -0.508 e. The van der Waals surface area contributed by atoms with E-state index in [0.717, 1.165) is 23.4 Å². The number of hydrogen-bond donors (Lipinski definition) is 1. The first-order valence-electron chi connectivity index (χ1n) is 9.58. The summed E-state index contributed by atoms with van der Waals surface area (Å²) in [6, 6.07) is 10.9. The Bertz CT molecular complexity index is 946. The SMILES string of the molecule is COc1ccc([C@H]2[C@@H]3CN(C(=O)c4cc(O)ccc4F)C[C@@H]3CN2C(C)=O)cc1. The van der Waals surface area contributed by atoms with E-state index in [0.29, 0.717) is 19.6 Å². The number of methoxy groups -OCH3 is 1. The Morgan fingerprint density at radius 3 is 2.48 bits per heavy atom. The number of ether oxygens (including phenoxy) is 1. The van der Waals surface area contributed by atoms with Crippen molar-refractivity contribution < 1.29 is 23.8 Å². The van der Waals surface area contributed by atoms with Crippen LogP contribution in [-0.2, 0) is 4.79 Å². The lowest BCUT2D eigenvalue weighted by molar-refractivity contribution is -0.130. The summed E-state index contributed by atoms with van der Waals surface area (Å²) in [4.78, 5) is 28.6. The summed E-state index contributed by atoms with van der Waals surface area (Å²) >= 11 is 0. The van der Waals surface area contributed by atoms with Gasteiger partial charge >= 0.3 is 0 Å². The van der Waals surface area contributed by atoms with E-state index < -0.39 is 11.7 Å². The second-order valence-electron chi connectivity index (χ2n) is 7.69. The van der Waals surface area contributed by atoms with Crippen LogP contribution < -0.4 is 4.74 Å². The van der Waals surface area contributed by atoms with Crippen LogP contribution in [0.3, 0.4) is 0 Å². The lowest BCUT2D eigenvalue weighted by atomic mass is 9.89. The number of fused-ring (bicyclic) bond motifs is 1. The number of benzene rings is 2. The van der Waals surface area contributed by atoms with Crippen molar-refractivity contribution in [1.82, 2.24) is 9.80 Å². The molecule has 0 unspecified atom stereocenters. The average Bonchev–Trinajstić information content (AvgIpc) is 3.27. The highest BCUT2D eigenvalue weighted by molar-refractivity contribution is 5.95. The Balaban J connectivity index is 1.60. The van der Waals surface area contributed by atoms with Crippen LogP contribution >= 0.6 is 0 Å². The molecule has 0 radical (unpaired) electrons. The molecule has 2 aliphatic heterocycles. The Morgan fingerprint density at radius 1 is 1.10 bits per heavy atom. The van der Waals surface area contributed by atoms with Gasteiger partial charge in [0.05, 0.1) is 18.7 Å². The Hall–Kier alpha value is -3.09. The van der Waals surface area contributed by atoms with Gasteiger partial charge in [-0.1, -0.05) is 12.1 Å². The molecule has 2 fully saturated rings. The molecule has 2 aromatic rings. The Labute approximate surface area is 168 Å². The van der Waals surface area contributed by atoms with E-state index in [4.69, 9.17) is 4.74 Å². The van der Waals surface area contributed by atoms with Crippen LogP contribution in [0.4, 0.5) is 4.39 Å². The molecule has 0 saturated carbocycles. The summed E-state index contributed by atoms with van der Waals surface area (Å²) in [5.41, 5.74) is 0.862. The van der Waals surface area contributed by atoms with E-state index in [1.54, 1.807) is 18.9 Å².